The number of hydrogen-bond acceptors (Lipinski definition) is 5. The molecule has 112 valence electrons. The summed E-state index contributed by atoms with van der Waals surface area (Å²) in [6.45, 7) is 1.88. The van der Waals surface area contributed by atoms with E-state index in [1.54, 1.807) is 16.8 Å². The highest BCUT2D eigenvalue weighted by molar-refractivity contribution is 5.94. The van der Waals surface area contributed by atoms with Gasteiger partial charge in [-0.1, -0.05) is 0 Å². The van der Waals surface area contributed by atoms with Gasteiger partial charge in [-0.25, -0.2) is 4.68 Å². The van der Waals surface area contributed by atoms with Gasteiger partial charge in [-0.3, -0.25) is 4.79 Å². The monoisotopic (exact) mass is 308 g/mol. The second-order valence-electron chi connectivity index (χ2n) is 4.82. The van der Waals surface area contributed by atoms with Crippen LogP contribution in [0.5, 0.6) is 0 Å². The van der Waals surface area contributed by atoms with Crippen molar-refractivity contribution in [1.82, 2.24) is 30.8 Å². The first-order chi connectivity index (χ1) is 9.83. The highest BCUT2D eigenvalue weighted by Gasteiger charge is 2.16. The Labute approximate surface area is 128 Å². The first-order valence-corrected chi connectivity index (χ1v) is 6.68. The van der Waals surface area contributed by atoms with Crippen LogP contribution in [0.1, 0.15) is 23.2 Å². The Balaban J connectivity index is 0.00000161. The standard InChI is InChI=1S/C13H16N6O.ClH/c20-13(16-11-2-1-7-14-8-11)10-3-5-12(6-4-10)19-9-15-17-18-19;/h3-6,9,11,14H,1-2,7-8H2,(H,16,20);1H/t11-;/m1./s1. The lowest BCUT2D eigenvalue weighted by molar-refractivity contribution is 0.0930. The van der Waals surface area contributed by atoms with Crippen LogP contribution < -0.4 is 10.6 Å². The van der Waals surface area contributed by atoms with Gasteiger partial charge in [0.2, 0.25) is 0 Å². The number of piperidine rings is 1. The average Bonchev–Trinajstić information content (AvgIpc) is 3.03. The zero-order valence-corrected chi connectivity index (χ0v) is 12.2. The van der Waals surface area contributed by atoms with E-state index in [0.717, 1.165) is 31.6 Å². The summed E-state index contributed by atoms with van der Waals surface area (Å²) in [5, 5.41) is 17.3. The first kappa shape index (κ1) is 15.4. The second-order valence-corrected chi connectivity index (χ2v) is 4.82. The Kier molecular flexibility index (Phi) is 5.24. The van der Waals surface area contributed by atoms with Crippen molar-refractivity contribution >= 4 is 18.3 Å². The number of tetrazole rings is 1. The molecule has 1 amide bonds. The summed E-state index contributed by atoms with van der Waals surface area (Å²) < 4.78 is 1.55. The van der Waals surface area contributed by atoms with Crippen molar-refractivity contribution in [3.8, 4) is 5.69 Å². The molecule has 1 aromatic heterocycles. The fourth-order valence-electron chi connectivity index (χ4n) is 2.29. The van der Waals surface area contributed by atoms with E-state index in [1.807, 2.05) is 12.1 Å². The molecule has 8 heteroatoms. The molecule has 2 N–H and O–H groups in total. The number of aromatic nitrogens is 4. The molecule has 1 aliphatic heterocycles. The van der Waals surface area contributed by atoms with Crippen molar-refractivity contribution in [2.45, 2.75) is 18.9 Å². The normalized spacial score (nSPS) is 17.8. The van der Waals surface area contributed by atoms with Crippen molar-refractivity contribution in [2.24, 2.45) is 0 Å². The predicted molar refractivity (Wildman–Crippen MR) is 79.8 cm³/mol. The Hall–Kier alpha value is -1.99. The minimum Gasteiger partial charge on any atom is -0.348 e. The molecule has 3 rings (SSSR count). The lowest BCUT2D eigenvalue weighted by Crippen LogP contribution is -2.45. The fourth-order valence-corrected chi connectivity index (χ4v) is 2.29. The van der Waals surface area contributed by atoms with Gasteiger partial charge < -0.3 is 10.6 Å². The lowest BCUT2D eigenvalue weighted by atomic mass is 10.1. The van der Waals surface area contributed by atoms with E-state index in [2.05, 4.69) is 26.2 Å². The Morgan fingerprint density at radius 3 is 2.76 bits per heavy atom. The zero-order valence-electron chi connectivity index (χ0n) is 11.4. The van der Waals surface area contributed by atoms with E-state index in [1.165, 1.54) is 6.33 Å². The Morgan fingerprint density at radius 1 is 1.33 bits per heavy atom. The molecule has 1 saturated heterocycles. The summed E-state index contributed by atoms with van der Waals surface area (Å²) in [6.07, 6.45) is 3.65. The van der Waals surface area contributed by atoms with Crippen molar-refractivity contribution in [1.29, 1.82) is 0 Å². The average molecular weight is 309 g/mol. The Bertz CT molecular complexity index is 565. The molecule has 0 saturated carbocycles. The van der Waals surface area contributed by atoms with E-state index in [0.29, 0.717) is 5.56 Å². The third kappa shape index (κ3) is 3.77. The number of carbonyl (C=O) groups is 1. The van der Waals surface area contributed by atoms with Crippen molar-refractivity contribution in [2.75, 3.05) is 13.1 Å². The molecule has 0 radical (unpaired) electrons. The molecular formula is C13H17ClN6O. The predicted octanol–water partition coefficient (Wildman–Crippen LogP) is 0.566. The van der Waals surface area contributed by atoms with E-state index in [-0.39, 0.29) is 24.4 Å². The summed E-state index contributed by atoms with van der Waals surface area (Å²) in [6, 6.07) is 7.43. The number of carbonyl (C=O) groups excluding carboxylic acids is 1. The van der Waals surface area contributed by atoms with Gasteiger partial charge >= 0.3 is 0 Å². The number of nitrogens with zero attached hydrogens (tertiary/aromatic N) is 4. The molecule has 7 nitrogen and oxygen atoms in total. The van der Waals surface area contributed by atoms with E-state index >= 15 is 0 Å². The molecule has 2 aromatic rings. The molecular weight excluding hydrogens is 292 g/mol. The van der Waals surface area contributed by atoms with Gasteiger partial charge in [-0.05, 0) is 54.1 Å². The largest absolute Gasteiger partial charge is 0.348 e. The van der Waals surface area contributed by atoms with E-state index in [4.69, 9.17) is 0 Å². The molecule has 0 aliphatic carbocycles. The van der Waals surface area contributed by atoms with Crippen molar-refractivity contribution < 1.29 is 4.79 Å². The maximum absolute atomic E-state index is 12.1. The van der Waals surface area contributed by atoms with Crippen LogP contribution in [-0.2, 0) is 0 Å². The first-order valence-electron chi connectivity index (χ1n) is 6.68. The van der Waals surface area contributed by atoms with Crippen LogP contribution in [0.2, 0.25) is 0 Å². The van der Waals surface area contributed by atoms with Gasteiger partial charge in [-0.15, -0.1) is 17.5 Å². The second kappa shape index (κ2) is 7.14. The number of hydrogen-bond donors (Lipinski definition) is 2. The van der Waals surface area contributed by atoms with Gasteiger partial charge in [0, 0.05) is 18.2 Å². The van der Waals surface area contributed by atoms with Crippen molar-refractivity contribution in [3.05, 3.63) is 36.2 Å². The maximum atomic E-state index is 12.1. The molecule has 21 heavy (non-hydrogen) atoms. The maximum Gasteiger partial charge on any atom is 0.251 e. The van der Waals surface area contributed by atoms with Gasteiger partial charge in [-0.2, -0.15) is 0 Å². The van der Waals surface area contributed by atoms with Crippen LogP contribution in [0.4, 0.5) is 0 Å². The van der Waals surface area contributed by atoms with Crippen molar-refractivity contribution in [3.63, 3.8) is 0 Å². The molecule has 0 unspecified atom stereocenters. The van der Waals surface area contributed by atoms with Crippen LogP contribution >= 0.6 is 12.4 Å². The minimum atomic E-state index is -0.0398. The third-order valence-corrected chi connectivity index (χ3v) is 3.38. The number of rotatable bonds is 3. The summed E-state index contributed by atoms with van der Waals surface area (Å²) in [4.78, 5) is 12.1. The summed E-state index contributed by atoms with van der Waals surface area (Å²) in [5.74, 6) is -0.0398. The van der Waals surface area contributed by atoms with Crippen LogP contribution in [0.15, 0.2) is 30.6 Å². The van der Waals surface area contributed by atoms with Gasteiger partial charge in [0.15, 0.2) is 0 Å². The molecule has 0 bridgehead atoms. The topological polar surface area (TPSA) is 84.7 Å². The lowest BCUT2D eigenvalue weighted by Gasteiger charge is -2.23. The molecule has 2 heterocycles. The van der Waals surface area contributed by atoms with Crippen LogP contribution in [0, 0.1) is 0 Å². The molecule has 1 atom stereocenters. The van der Waals surface area contributed by atoms with Gasteiger partial charge in [0.05, 0.1) is 5.69 Å². The third-order valence-electron chi connectivity index (χ3n) is 3.38. The van der Waals surface area contributed by atoms with Gasteiger partial charge in [0.25, 0.3) is 5.91 Å². The number of benzene rings is 1. The number of nitrogens with one attached hydrogen (secondary N) is 2. The van der Waals surface area contributed by atoms with Crippen LogP contribution in [0.25, 0.3) is 5.69 Å². The highest BCUT2D eigenvalue weighted by Crippen LogP contribution is 2.09. The fraction of sp³-hybridized carbons (Fsp3) is 0.385. The summed E-state index contributed by atoms with van der Waals surface area (Å²) >= 11 is 0. The molecule has 0 spiro atoms. The SMILES string of the molecule is Cl.O=C(N[C@@H]1CCCNC1)c1ccc(-n2cnnn2)cc1. The molecule has 1 aromatic carbocycles. The van der Waals surface area contributed by atoms with E-state index in [9.17, 15) is 4.79 Å². The summed E-state index contributed by atoms with van der Waals surface area (Å²) in [5.41, 5.74) is 1.47. The van der Waals surface area contributed by atoms with Crippen LogP contribution in [-0.4, -0.2) is 45.2 Å². The number of halogens is 1. The summed E-state index contributed by atoms with van der Waals surface area (Å²) in [7, 11) is 0. The van der Waals surface area contributed by atoms with Gasteiger partial charge in [0.1, 0.15) is 6.33 Å². The number of amides is 1. The Morgan fingerprint density at radius 2 is 2.14 bits per heavy atom. The van der Waals surface area contributed by atoms with E-state index < -0.39 is 0 Å². The quantitative estimate of drug-likeness (QED) is 0.866. The minimum absolute atomic E-state index is 0. The molecule has 1 aliphatic rings. The van der Waals surface area contributed by atoms with Crippen LogP contribution in [0.3, 0.4) is 0 Å². The molecule has 1 fully saturated rings. The zero-order chi connectivity index (χ0) is 13.8. The smallest absolute Gasteiger partial charge is 0.251 e. The highest BCUT2D eigenvalue weighted by atomic mass is 35.5.